The molecule has 2 nitrogen and oxygen atoms in total. The van der Waals surface area contributed by atoms with Crippen molar-refractivity contribution in [1.29, 1.82) is 0 Å². The van der Waals surface area contributed by atoms with Gasteiger partial charge >= 0.3 is 0 Å². The molecule has 3 N–H and O–H groups in total. The molecule has 0 atom stereocenters. The minimum Gasteiger partial charge on any atom is -0.376 e. The first-order valence-corrected chi connectivity index (χ1v) is 2.11. The van der Waals surface area contributed by atoms with E-state index in [9.17, 15) is 0 Å². The lowest BCUT2D eigenvalue weighted by Crippen LogP contribution is -2.28. The maximum atomic E-state index is 6.37. The Kier molecular flexibility index (Phi) is 3.07. The zero-order valence-corrected chi connectivity index (χ0v) is 4.51. The normalized spacial score (nSPS) is 6.71. The molecule has 0 amide bonds. The van der Waals surface area contributed by atoms with Gasteiger partial charge in [0.1, 0.15) is 0 Å². The summed E-state index contributed by atoms with van der Waals surface area (Å²) in [6, 6.07) is 0. The molecule has 0 heterocycles. The molecule has 0 saturated carbocycles. The summed E-state index contributed by atoms with van der Waals surface area (Å²) in [5.74, 6) is 2.07. The number of rotatable bonds is 1. The maximum absolute atomic E-state index is 6.37. The second kappa shape index (κ2) is 3.44. The maximum Gasteiger partial charge on any atom is 0.164 e. The van der Waals surface area contributed by atoms with Gasteiger partial charge in [0.25, 0.3) is 0 Å². The monoisotopic (exact) mass is 113 g/mol. The van der Waals surface area contributed by atoms with Crippen molar-refractivity contribution in [2.24, 2.45) is 5.73 Å². The van der Waals surface area contributed by atoms with Gasteiger partial charge in [-0.15, -0.1) is 0 Å². The molecular weight excluding hydrogens is 108 g/mol. The first-order chi connectivity index (χ1) is 3.27. The highest BCUT2D eigenvalue weighted by Gasteiger charge is 1.76. The molecule has 0 bridgehead atoms. The lowest BCUT2D eigenvalue weighted by molar-refractivity contribution is 1.07. The molecule has 0 unspecified atom stereocenters. The molecule has 1 radical (unpaired) electrons. The predicted octanol–water partition coefficient (Wildman–Crippen LogP) is -0.591. The van der Waals surface area contributed by atoms with E-state index in [1.807, 2.05) is 0 Å². The minimum atomic E-state index is 0.208. The molecule has 0 rings (SSSR count). The average Bonchev–Trinajstić information content (AvgIpc) is 1.61. The Morgan fingerprint density at radius 3 is 2.71 bits per heavy atom. The van der Waals surface area contributed by atoms with Crippen LogP contribution in [0.25, 0.3) is 0 Å². The second-order valence-corrected chi connectivity index (χ2v) is 1.33. The van der Waals surface area contributed by atoms with Gasteiger partial charge in [0.15, 0.2) is 5.11 Å². The summed E-state index contributed by atoms with van der Waals surface area (Å²) in [5.41, 5.74) is 4.98. The molecule has 3 heteroatoms. The van der Waals surface area contributed by atoms with Crippen LogP contribution in [0.2, 0.25) is 0 Å². The Morgan fingerprint density at radius 1 is 2.00 bits per heavy atom. The highest BCUT2D eigenvalue weighted by atomic mass is 32.1. The predicted molar refractivity (Wildman–Crippen MR) is 31.9 cm³/mol. The van der Waals surface area contributed by atoms with E-state index in [1.165, 1.54) is 0 Å². The Bertz CT molecular complexity index is 103. The summed E-state index contributed by atoms with van der Waals surface area (Å²) in [6.45, 7) is 0.301. The number of hydrogen-bond donors (Lipinski definition) is 2. The smallest absolute Gasteiger partial charge is 0.164 e. The number of nitrogens with two attached hydrogens (primary N) is 1. The van der Waals surface area contributed by atoms with Gasteiger partial charge in [-0.2, -0.15) is 0 Å². The fourth-order valence-electron chi connectivity index (χ4n) is 0.131. The molecule has 0 aliphatic rings. The molecule has 0 aliphatic carbocycles. The van der Waals surface area contributed by atoms with Gasteiger partial charge in [0, 0.05) is 0 Å². The van der Waals surface area contributed by atoms with Gasteiger partial charge in [-0.1, -0.05) is 5.92 Å². The van der Waals surface area contributed by atoms with Crippen LogP contribution in [0.4, 0.5) is 0 Å². The van der Waals surface area contributed by atoms with E-state index in [-0.39, 0.29) is 5.11 Å². The zero-order valence-electron chi connectivity index (χ0n) is 3.69. The van der Waals surface area contributed by atoms with Crippen LogP contribution in [0.5, 0.6) is 0 Å². The van der Waals surface area contributed by atoms with Crippen molar-refractivity contribution in [2.45, 2.75) is 0 Å². The van der Waals surface area contributed by atoms with Crippen molar-refractivity contribution >= 4 is 17.3 Å². The molecular formula is C4H5N2S. The van der Waals surface area contributed by atoms with Crippen LogP contribution < -0.4 is 11.1 Å². The third-order valence-corrected chi connectivity index (χ3v) is 0.495. The van der Waals surface area contributed by atoms with E-state index >= 15 is 0 Å². The Hall–Kier alpha value is -0.750. The third-order valence-electron chi connectivity index (χ3n) is 0.351. The lowest BCUT2D eigenvalue weighted by Gasteiger charge is -1.92. The van der Waals surface area contributed by atoms with Crippen LogP contribution in [0, 0.1) is 12.3 Å². The Balaban J connectivity index is 3.02. The van der Waals surface area contributed by atoms with Crippen molar-refractivity contribution in [2.75, 3.05) is 6.54 Å². The van der Waals surface area contributed by atoms with E-state index in [2.05, 4.69) is 23.5 Å². The van der Waals surface area contributed by atoms with E-state index < -0.39 is 0 Å². The minimum absolute atomic E-state index is 0.208. The number of hydrogen-bond acceptors (Lipinski definition) is 1. The Labute approximate surface area is 48.1 Å². The molecule has 0 aromatic heterocycles. The SMILES string of the molecule is [C]#CCNC(N)=S. The van der Waals surface area contributed by atoms with Crippen LogP contribution in [0.3, 0.4) is 0 Å². The van der Waals surface area contributed by atoms with Crippen LogP contribution in [-0.4, -0.2) is 11.7 Å². The van der Waals surface area contributed by atoms with Gasteiger partial charge < -0.3 is 11.1 Å². The van der Waals surface area contributed by atoms with Crippen molar-refractivity contribution in [3.63, 3.8) is 0 Å². The van der Waals surface area contributed by atoms with Crippen molar-refractivity contribution in [1.82, 2.24) is 5.32 Å². The van der Waals surface area contributed by atoms with E-state index in [1.54, 1.807) is 0 Å². The average molecular weight is 113 g/mol. The van der Waals surface area contributed by atoms with Crippen molar-refractivity contribution in [3.05, 3.63) is 6.42 Å². The van der Waals surface area contributed by atoms with E-state index in [0.717, 1.165) is 0 Å². The van der Waals surface area contributed by atoms with Gasteiger partial charge in [-0.05, 0) is 18.6 Å². The molecule has 0 fully saturated rings. The van der Waals surface area contributed by atoms with E-state index in [0.29, 0.717) is 6.54 Å². The van der Waals surface area contributed by atoms with Crippen molar-refractivity contribution in [3.8, 4) is 5.92 Å². The van der Waals surface area contributed by atoms with E-state index in [4.69, 9.17) is 12.2 Å². The van der Waals surface area contributed by atoms with Crippen molar-refractivity contribution < 1.29 is 0 Å². The fraction of sp³-hybridized carbons (Fsp3) is 0.250. The van der Waals surface area contributed by atoms with Crippen LogP contribution >= 0.6 is 12.2 Å². The van der Waals surface area contributed by atoms with Crippen LogP contribution in [0.1, 0.15) is 0 Å². The first kappa shape index (κ1) is 6.25. The molecule has 0 saturated heterocycles. The standard InChI is InChI=1S/C4H5N2S/c1-2-3-6-4(5)7/h3H2,(H3,5,6,7). The zero-order chi connectivity index (χ0) is 5.70. The third kappa shape index (κ3) is 5.25. The second-order valence-electron chi connectivity index (χ2n) is 0.895. The molecule has 0 aliphatic heterocycles. The molecule has 7 heavy (non-hydrogen) atoms. The van der Waals surface area contributed by atoms with Gasteiger partial charge in [0.2, 0.25) is 0 Å². The quantitative estimate of drug-likeness (QED) is 0.352. The summed E-state index contributed by atoms with van der Waals surface area (Å²) in [4.78, 5) is 0. The van der Waals surface area contributed by atoms with Gasteiger partial charge in [-0.3, -0.25) is 0 Å². The summed E-state index contributed by atoms with van der Waals surface area (Å²) >= 11 is 4.40. The summed E-state index contributed by atoms with van der Waals surface area (Å²) < 4.78 is 0. The van der Waals surface area contributed by atoms with Crippen LogP contribution in [-0.2, 0) is 0 Å². The number of nitrogens with one attached hydrogen (secondary N) is 1. The van der Waals surface area contributed by atoms with Gasteiger partial charge in [0.05, 0.1) is 6.54 Å². The summed E-state index contributed by atoms with van der Waals surface area (Å²) in [7, 11) is 0. The molecule has 37 valence electrons. The molecule has 0 aromatic rings. The highest BCUT2D eigenvalue weighted by Crippen LogP contribution is 1.53. The fourth-order valence-corrected chi connectivity index (χ4v) is 0.203. The first-order valence-electron chi connectivity index (χ1n) is 1.70. The topological polar surface area (TPSA) is 38.0 Å². The van der Waals surface area contributed by atoms with Gasteiger partial charge in [-0.25, -0.2) is 0 Å². The largest absolute Gasteiger partial charge is 0.376 e. The van der Waals surface area contributed by atoms with Crippen LogP contribution in [0.15, 0.2) is 0 Å². The number of thiocarbonyl (C=S) groups is 1. The summed E-state index contributed by atoms with van der Waals surface area (Å²) in [5, 5.41) is 2.71. The summed E-state index contributed by atoms with van der Waals surface area (Å²) in [6.07, 6.45) is 6.37. The molecule has 0 spiro atoms. The highest BCUT2D eigenvalue weighted by molar-refractivity contribution is 7.80. The molecule has 0 aromatic carbocycles. The lowest BCUT2D eigenvalue weighted by atomic mass is 10.7. The Morgan fingerprint density at radius 2 is 2.57 bits per heavy atom.